The number of nitrogens with zero attached hydrogens (tertiary/aromatic N) is 2. The number of carbonyl (C=O) groups excluding carboxylic acids is 1. The van der Waals surface area contributed by atoms with E-state index in [1.807, 2.05) is 0 Å². The van der Waals surface area contributed by atoms with Gasteiger partial charge in [-0.05, 0) is 37.1 Å². The number of primary amides is 1. The van der Waals surface area contributed by atoms with Gasteiger partial charge in [0.15, 0.2) is 5.82 Å². The molecule has 0 unspecified atom stereocenters. The number of anilines is 2. The van der Waals surface area contributed by atoms with Crippen molar-refractivity contribution < 1.29 is 9.35 Å². The summed E-state index contributed by atoms with van der Waals surface area (Å²) < 4.78 is 9.10. The number of hydrogen-bond donors (Lipinski definition) is 4. The molecule has 1 aromatic carbocycles. The molecule has 2 aromatic rings. The Hall–Kier alpha value is -2.32. The highest BCUT2D eigenvalue weighted by molar-refractivity contribution is 7.95. The standard InChI is InChI=1S/C14H15N5O2S/c15-11-7-10(14(22-21)5-6-14)18-12(19-11)8-1-3-9(4-2-8)17-13(16)20/h1-4,7,21H,5-6H2,(H2,15,18,19)(H3,16,17,20). The van der Waals surface area contributed by atoms with Gasteiger partial charge in [-0.1, -0.05) is 0 Å². The van der Waals surface area contributed by atoms with Crippen LogP contribution in [0.5, 0.6) is 0 Å². The fourth-order valence-electron chi connectivity index (χ4n) is 2.18. The van der Waals surface area contributed by atoms with Crippen LogP contribution in [0.15, 0.2) is 30.3 Å². The van der Waals surface area contributed by atoms with E-state index >= 15 is 0 Å². The maximum atomic E-state index is 10.8. The molecule has 6 N–H and O–H groups in total. The van der Waals surface area contributed by atoms with Crippen LogP contribution in [0, 0.1) is 0 Å². The lowest BCUT2D eigenvalue weighted by atomic mass is 10.1. The predicted molar refractivity (Wildman–Crippen MR) is 86.2 cm³/mol. The van der Waals surface area contributed by atoms with Crippen LogP contribution in [0.4, 0.5) is 16.3 Å². The highest BCUT2D eigenvalue weighted by Gasteiger charge is 2.47. The molecule has 1 aliphatic carbocycles. The van der Waals surface area contributed by atoms with Gasteiger partial charge in [-0.3, -0.25) is 0 Å². The van der Waals surface area contributed by atoms with Gasteiger partial charge in [0.1, 0.15) is 5.82 Å². The van der Waals surface area contributed by atoms with E-state index in [0.717, 1.165) is 36.1 Å². The molecule has 1 fully saturated rings. The van der Waals surface area contributed by atoms with Crippen molar-refractivity contribution in [1.82, 2.24) is 9.97 Å². The molecule has 0 aliphatic heterocycles. The fourth-order valence-corrected chi connectivity index (χ4v) is 2.66. The number of amides is 2. The van der Waals surface area contributed by atoms with E-state index in [2.05, 4.69) is 15.3 Å². The SMILES string of the molecule is NC(=O)Nc1ccc(-c2nc(N)cc(C3(SO)CC3)n2)cc1. The average molecular weight is 317 g/mol. The molecule has 0 bridgehead atoms. The van der Waals surface area contributed by atoms with Crippen molar-refractivity contribution in [2.45, 2.75) is 17.6 Å². The Kier molecular flexibility index (Phi) is 3.63. The van der Waals surface area contributed by atoms with Crippen LogP contribution in [-0.4, -0.2) is 20.6 Å². The van der Waals surface area contributed by atoms with Gasteiger partial charge in [-0.25, -0.2) is 14.8 Å². The maximum absolute atomic E-state index is 10.8. The molecule has 8 heteroatoms. The zero-order valence-electron chi connectivity index (χ0n) is 11.6. The third-order valence-corrected chi connectivity index (χ3v) is 4.47. The smallest absolute Gasteiger partial charge is 0.316 e. The molecule has 1 aromatic heterocycles. The number of urea groups is 1. The van der Waals surface area contributed by atoms with Crippen LogP contribution in [-0.2, 0) is 4.75 Å². The lowest BCUT2D eigenvalue weighted by Crippen LogP contribution is -2.19. The summed E-state index contributed by atoms with van der Waals surface area (Å²) in [6, 6.07) is 8.04. The van der Waals surface area contributed by atoms with Crippen molar-refractivity contribution in [3.8, 4) is 11.4 Å². The minimum atomic E-state index is -0.620. The Morgan fingerprint density at radius 3 is 2.50 bits per heavy atom. The van der Waals surface area contributed by atoms with Gasteiger partial charge >= 0.3 is 6.03 Å². The lowest BCUT2D eigenvalue weighted by Gasteiger charge is -2.12. The fraction of sp³-hybridized carbons (Fsp3) is 0.214. The second kappa shape index (κ2) is 5.47. The average Bonchev–Trinajstić information content (AvgIpc) is 3.28. The number of benzene rings is 1. The summed E-state index contributed by atoms with van der Waals surface area (Å²) in [4.78, 5) is 19.6. The van der Waals surface area contributed by atoms with E-state index in [0.29, 0.717) is 17.3 Å². The van der Waals surface area contributed by atoms with E-state index in [1.54, 1.807) is 30.3 Å². The summed E-state index contributed by atoms with van der Waals surface area (Å²) in [5, 5.41) is 2.49. The van der Waals surface area contributed by atoms with Crippen LogP contribution in [0.3, 0.4) is 0 Å². The molecular formula is C14H15N5O2S. The van der Waals surface area contributed by atoms with Crippen molar-refractivity contribution >= 4 is 29.6 Å². The third kappa shape index (κ3) is 2.83. The van der Waals surface area contributed by atoms with E-state index in [4.69, 9.17) is 11.5 Å². The third-order valence-electron chi connectivity index (χ3n) is 3.50. The molecule has 1 saturated carbocycles. The molecule has 1 heterocycles. The second-order valence-electron chi connectivity index (χ2n) is 5.15. The summed E-state index contributed by atoms with van der Waals surface area (Å²) >= 11 is 0.806. The number of rotatable bonds is 4. The van der Waals surface area contributed by atoms with E-state index in [1.165, 1.54) is 0 Å². The van der Waals surface area contributed by atoms with Crippen LogP contribution in [0.1, 0.15) is 18.5 Å². The number of carbonyl (C=O) groups is 1. The summed E-state index contributed by atoms with van der Waals surface area (Å²) in [5.41, 5.74) is 13.0. The molecule has 0 spiro atoms. The molecule has 0 atom stereocenters. The summed E-state index contributed by atoms with van der Waals surface area (Å²) in [6.07, 6.45) is 1.73. The van der Waals surface area contributed by atoms with Crippen molar-refractivity contribution in [2.24, 2.45) is 5.73 Å². The van der Waals surface area contributed by atoms with Crippen LogP contribution < -0.4 is 16.8 Å². The number of hydrogen-bond acceptors (Lipinski definition) is 6. The number of nitrogens with two attached hydrogens (primary N) is 2. The van der Waals surface area contributed by atoms with Gasteiger partial charge in [0.2, 0.25) is 0 Å². The Morgan fingerprint density at radius 1 is 1.27 bits per heavy atom. The largest absolute Gasteiger partial charge is 0.384 e. The van der Waals surface area contributed by atoms with E-state index in [-0.39, 0.29) is 4.75 Å². The highest BCUT2D eigenvalue weighted by atomic mass is 32.2. The Morgan fingerprint density at radius 2 is 1.95 bits per heavy atom. The zero-order valence-corrected chi connectivity index (χ0v) is 12.4. The first-order valence-electron chi connectivity index (χ1n) is 6.67. The Balaban J connectivity index is 1.93. The number of nitrogen functional groups attached to an aromatic ring is 1. The molecule has 7 nitrogen and oxygen atoms in total. The molecule has 0 saturated heterocycles. The van der Waals surface area contributed by atoms with Crippen molar-refractivity contribution in [3.63, 3.8) is 0 Å². The predicted octanol–water partition coefficient (Wildman–Crippen LogP) is 2.41. The molecule has 1 aliphatic rings. The normalized spacial score (nSPS) is 15.3. The van der Waals surface area contributed by atoms with Gasteiger partial charge in [-0.2, -0.15) is 0 Å². The van der Waals surface area contributed by atoms with Gasteiger partial charge in [0.05, 0.1) is 10.4 Å². The second-order valence-corrected chi connectivity index (χ2v) is 6.12. The minimum absolute atomic E-state index is 0.348. The zero-order chi connectivity index (χ0) is 15.7. The van der Waals surface area contributed by atoms with Gasteiger partial charge in [0, 0.05) is 29.4 Å². The number of nitrogens with one attached hydrogen (secondary N) is 1. The highest BCUT2D eigenvalue weighted by Crippen LogP contribution is 2.55. The minimum Gasteiger partial charge on any atom is -0.384 e. The summed E-state index contributed by atoms with van der Waals surface area (Å²) in [6.45, 7) is 0. The first-order chi connectivity index (χ1) is 10.5. The summed E-state index contributed by atoms with van der Waals surface area (Å²) in [5.74, 6) is 0.848. The van der Waals surface area contributed by atoms with E-state index < -0.39 is 6.03 Å². The molecule has 2 amide bonds. The number of aromatic nitrogens is 2. The topological polar surface area (TPSA) is 127 Å². The first kappa shape index (κ1) is 14.6. The van der Waals surface area contributed by atoms with Crippen LogP contribution in [0.2, 0.25) is 0 Å². The lowest BCUT2D eigenvalue weighted by molar-refractivity contribution is 0.259. The monoisotopic (exact) mass is 317 g/mol. The van der Waals surface area contributed by atoms with Crippen molar-refractivity contribution in [3.05, 3.63) is 36.0 Å². The van der Waals surface area contributed by atoms with E-state index in [9.17, 15) is 9.35 Å². The van der Waals surface area contributed by atoms with Crippen molar-refractivity contribution in [1.29, 1.82) is 0 Å². The van der Waals surface area contributed by atoms with Crippen LogP contribution >= 0.6 is 12.0 Å². The van der Waals surface area contributed by atoms with Gasteiger partial charge in [-0.15, -0.1) is 0 Å². The van der Waals surface area contributed by atoms with Crippen molar-refractivity contribution in [2.75, 3.05) is 11.1 Å². The molecule has 114 valence electrons. The quantitative estimate of drug-likeness (QED) is 0.641. The molecule has 22 heavy (non-hydrogen) atoms. The Bertz CT molecular complexity index is 716. The Labute approximate surface area is 131 Å². The molecular weight excluding hydrogens is 302 g/mol. The molecule has 3 rings (SSSR count). The van der Waals surface area contributed by atoms with Gasteiger partial charge in [0.25, 0.3) is 0 Å². The maximum Gasteiger partial charge on any atom is 0.316 e. The summed E-state index contributed by atoms with van der Waals surface area (Å²) in [7, 11) is 0. The van der Waals surface area contributed by atoms with Crippen LogP contribution in [0.25, 0.3) is 11.4 Å². The van der Waals surface area contributed by atoms with Gasteiger partial charge < -0.3 is 21.3 Å². The first-order valence-corrected chi connectivity index (χ1v) is 7.44. The molecule has 0 radical (unpaired) electrons.